The Hall–Kier alpha value is -0.610. The highest BCUT2D eigenvalue weighted by atomic mass is 35.7. The Kier molecular flexibility index (Phi) is 4.28. The number of fused-ring (bicyclic) bond motifs is 1. The van der Waals surface area contributed by atoms with Gasteiger partial charge in [0.25, 0.3) is 0 Å². The monoisotopic (exact) mass is 348 g/mol. The Morgan fingerprint density at radius 3 is 2.32 bits per heavy atom. The molecule has 1 fully saturated rings. The number of benzene rings is 1. The van der Waals surface area contributed by atoms with Gasteiger partial charge in [0, 0.05) is 4.90 Å². The van der Waals surface area contributed by atoms with Gasteiger partial charge in [-0.15, -0.1) is 0 Å². The zero-order chi connectivity index (χ0) is 16.0. The first-order valence-electron chi connectivity index (χ1n) is 7.76. The van der Waals surface area contributed by atoms with Crippen molar-refractivity contribution in [3.63, 3.8) is 0 Å². The van der Waals surface area contributed by atoms with Gasteiger partial charge in [0.15, 0.2) is 0 Å². The Morgan fingerprint density at radius 2 is 1.73 bits per heavy atom. The van der Waals surface area contributed by atoms with E-state index in [0.717, 1.165) is 44.1 Å². The lowest BCUT2D eigenvalue weighted by Gasteiger charge is -2.37. The van der Waals surface area contributed by atoms with Gasteiger partial charge in [-0.2, -0.15) is 13.2 Å². The van der Waals surface area contributed by atoms with Crippen molar-refractivity contribution in [1.29, 1.82) is 0 Å². The SMILES string of the molecule is Cc1cccc2c1C=C(C1CCCCCC1)S2(Cl)C(F)(F)F. The molecule has 0 N–H and O–H groups in total. The topological polar surface area (TPSA) is 0 Å². The van der Waals surface area contributed by atoms with E-state index in [4.69, 9.17) is 10.7 Å². The molecule has 0 spiro atoms. The third-order valence-electron chi connectivity index (χ3n) is 4.78. The summed E-state index contributed by atoms with van der Waals surface area (Å²) in [7, 11) is 2.97. The predicted molar refractivity (Wildman–Crippen MR) is 88.1 cm³/mol. The summed E-state index contributed by atoms with van der Waals surface area (Å²) < 4.78 is 41.8. The number of halogens is 4. The molecular weight excluding hydrogens is 329 g/mol. The third-order valence-corrected chi connectivity index (χ3v) is 9.03. The van der Waals surface area contributed by atoms with Crippen LogP contribution in [0.1, 0.15) is 49.7 Å². The molecule has 0 bridgehead atoms. The van der Waals surface area contributed by atoms with Gasteiger partial charge in [0.2, 0.25) is 0 Å². The van der Waals surface area contributed by atoms with Crippen molar-refractivity contribution < 1.29 is 13.2 Å². The molecule has 0 saturated heterocycles. The second-order valence-corrected chi connectivity index (χ2v) is 10.0. The van der Waals surface area contributed by atoms with Crippen LogP contribution in [0.2, 0.25) is 0 Å². The van der Waals surface area contributed by atoms with Crippen molar-refractivity contribution in [2.24, 2.45) is 5.92 Å². The highest BCUT2D eigenvalue weighted by Gasteiger charge is 2.57. The first kappa shape index (κ1) is 16.3. The Balaban J connectivity index is 2.12. The van der Waals surface area contributed by atoms with Crippen LogP contribution in [0.4, 0.5) is 13.2 Å². The molecule has 1 atom stereocenters. The van der Waals surface area contributed by atoms with E-state index < -0.39 is 14.7 Å². The van der Waals surface area contributed by atoms with Crippen molar-refractivity contribution in [1.82, 2.24) is 0 Å². The smallest absolute Gasteiger partial charge is 0.160 e. The average Bonchev–Trinajstić information content (AvgIpc) is 2.64. The fourth-order valence-electron chi connectivity index (χ4n) is 3.60. The largest absolute Gasteiger partial charge is 0.445 e. The number of aryl methyl sites for hydroxylation is 1. The lowest BCUT2D eigenvalue weighted by atomic mass is 9.98. The van der Waals surface area contributed by atoms with Gasteiger partial charge in [-0.25, -0.2) is 0 Å². The second-order valence-electron chi connectivity index (χ2n) is 6.21. The lowest BCUT2D eigenvalue weighted by molar-refractivity contribution is -0.0361. The second kappa shape index (κ2) is 5.79. The molecule has 1 aromatic carbocycles. The molecule has 1 heterocycles. The molecule has 0 amide bonds. The Morgan fingerprint density at radius 1 is 1.09 bits per heavy atom. The summed E-state index contributed by atoms with van der Waals surface area (Å²) in [4.78, 5) is 0.744. The zero-order valence-electron chi connectivity index (χ0n) is 12.5. The zero-order valence-corrected chi connectivity index (χ0v) is 14.1. The molecule has 1 unspecified atom stereocenters. The number of hydrogen-bond acceptors (Lipinski definition) is 0. The van der Waals surface area contributed by atoms with Crippen LogP contribution in [0, 0.1) is 12.8 Å². The number of allylic oxidation sites excluding steroid dienone is 1. The first-order valence-corrected chi connectivity index (χ1v) is 10.2. The van der Waals surface area contributed by atoms with Crippen LogP contribution in [0.15, 0.2) is 28.0 Å². The maximum absolute atomic E-state index is 13.9. The molecule has 1 aromatic rings. The molecule has 1 aliphatic heterocycles. The highest BCUT2D eigenvalue weighted by Crippen LogP contribution is 2.81. The fraction of sp³-hybridized carbons (Fsp3) is 0.529. The molecule has 22 heavy (non-hydrogen) atoms. The molecule has 3 rings (SSSR count). The van der Waals surface area contributed by atoms with Crippen LogP contribution < -0.4 is 0 Å². The van der Waals surface area contributed by atoms with Gasteiger partial charge in [-0.3, -0.25) is 0 Å². The van der Waals surface area contributed by atoms with E-state index in [0.29, 0.717) is 15.4 Å². The normalized spacial score (nSPS) is 29.4. The summed E-state index contributed by atoms with van der Waals surface area (Å²) in [6, 6.07) is 5.12. The Labute approximate surface area is 135 Å². The molecule has 1 saturated carbocycles. The highest BCUT2D eigenvalue weighted by molar-refractivity contribution is 8.54. The molecule has 5 heteroatoms. The van der Waals surface area contributed by atoms with E-state index in [-0.39, 0.29) is 5.92 Å². The van der Waals surface area contributed by atoms with Crippen LogP contribution >= 0.6 is 19.9 Å². The van der Waals surface area contributed by atoms with Crippen LogP contribution in [-0.2, 0) is 0 Å². The minimum atomic E-state index is -4.40. The minimum Gasteiger partial charge on any atom is -0.160 e. The van der Waals surface area contributed by atoms with E-state index in [1.165, 1.54) is 0 Å². The molecule has 122 valence electrons. The summed E-state index contributed by atoms with van der Waals surface area (Å²) >= 11 is 0. The van der Waals surface area contributed by atoms with Crippen molar-refractivity contribution in [3.05, 3.63) is 34.2 Å². The van der Waals surface area contributed by atoms with Gasteiger partial charge in [-0.05, 0) is 73.8 Å². The standard InChI is InChI=1S/C17H20ClF3S/c1-12-7-6-10-15-14(12)11-16(22(15,18)17(19,20)21)13-8-4-2-3-5-9-13/h6-7,10-11,13H,2-5,8-9H2,1H3. The number of rotatable bonds is 1. The molecule has 0 nitrogen and oxygen atoms in total. The molecular formula is C17H20ClF3S. The van der Waals surface area contributed by atoms with Crippen LogP contribution in [0.3, 0.4) is 0 Å². The predicted octanol–water partition coefficient (Wildman–Crippen LogP) is 7.16. The van der Waals surface area contributed by atoms with Crippen molar-refractivity contribution in [2.75, 3.05) is 0 Å². The van der Waals surface area contributed by atoms with Crippen molar-refractivity contribution in [2.45, 2.75) is 55.9 Å². The lowest BCUT2D eigenvalue weighted by Crippen LogP contribution is -2.19. The van der Waals surface area contributed by atoms with E-state index in [9.17, 15) is 13.2 Å². The Bertz CT molecular complexity index is 600. The van der Waals surface area contributed by atoms with Crippen LogP contribution in [0.5, 0.6) is 0 Å². The van der Waals surface area contributed by atoms with Gasteiger partial charge in [0.1, 0.15) is 0 Å². The van der Waals surface area contributed by atoms with Crippen molar-refractivity contribution >= 4 is 26.0 Å². The first-order chi connectivity index (χ1) is 10.4. The van der Waals surface area contributed by atoms with E-state index in [1.807, 2.05) is 13.0 Å². The van der Waals surface area contributed by atoms with Gasteiger partial charge in [0.05, 0.1) is 0 Å². The quantitative estimate of drug-likeness (QED) is 0.472. The summed E-state index contributed by atoms with van der Waals surface area (Å²) in [5.74, 6) is -0.0246. The number of alkyl halides is 3. The van der Waals surface area contributed by atoms with E-state index >= 15 is 0 Å². The maximum atomic E-state index is 13.9. The fourth-order valence-corrected chi connectivity index (χ4v) is 7.05. The van der Waals surface area contributed by atoms with Crippen LogP contribution in [0.25, 0.3) is 6.08 Å². The van der Waals surface area contributed by atoms with Crippen LogP contribution in [-0.4, -0.2) is 5.51 Å². The summed E-state index contributed by atoms with van der Waals surface area (Å²) in [6.45, 7) is 1.86. The minimum absolute atomic E-state index is 0.0246. The molecule has 1 aliphatic carbocycles. The molecule has 2 aliphatic rings. The van der Waals surface area contributed by atoms with Gasteiger partial charge in [-0.1, -0.05) is 37.8 Å². The summed E-state index contributed by atoms with van der Waals surface area (Å²) in [5, 5.41) is 0. The molecule has 0 radical (unpaired) electrons. The maximum Gasteiger partial charge on any atom is 0.445 e. The van der Waals surface area contributed by atoms with E-state index in [2.05, 4.69) is 0 Å². The van der Waals surface area contributed by atoms with Gasteiger partial charge >= 0.3 is 5.51 Å². The average molecular weight is 349 g/mol. The van der Waals surface area contributed by atoms with E-state index in [1.54, 1.807) is 18.2 Å². The third kappa shape index (κ3) is 2.48. The summed E-state index contributed by atoms with van der Waals surface area (Å²) in [5.41, 5.74) is -2.82. The number of hydrogen-bond donors (Lipinski definition) is 0. The van der Waals surface area contributed by atoms with Crippen molar-refractivity contribution in [3.8, 4) is 0 Å². The van der Waals surface area contributed by atoms with Gasteiger partial charge < -0.3 is 0 Å². The summed E-state index contributed by atoms with van der Waals surface area (Å²) in [6.07, 6.45) is 7.66. The molecule has 0 aromatic heterocycles.